The molecular formula is C41H33N3O. The Morgan fingerprint density at radius 1 is 0.711 bits per heavy atom. The summed E-state index contributed by atoms with van der Waals surface area (Å²) in [4.78, 5) is 0. The fourth-order valence-electron chi connectivity index (χ4n) is 7.79. The maximum absolute atomic E-state index is 6.84. The second-order valence-corrected chi connectivity index (χ2v) is 12.3. The van der Waals surface area contributed by atoms with E-state index in [-0.39, 0.29) is 5.41 Å². The highest BCUT2D eigenvalue weighted by atomic mass is 16.5. The lowest BCUT2D eigenvalue weighted by molar-refractivity contribution is 0.281. The third-order valence-corrected chi connectivity index (χ3v) is 9.88. The van der Waals surface area contributed by atoms with E-state index in [4.69, 9.17) is 4.74 Å². The SMILES string of the molecule is CC1(C2=CC=CCN2)C2=C(C3=C(CNC(c4ccc(-c5ccccc5)c5ccccc45)=C3)OC3=C2C=CNC3)c2ccccc21. The fraction of sp³-hybridized carbons (Fsp3) is 0.122. The summed E-state index contributed by atoms with van der Waals surface area (Å²) in [7, 11) is 0. The molecule has 4 aromatic rings. The number of dihydropyridines is 3. The molecule has 1 atom stereocenters. The van der Waals surface area contributed by atoms with Crippen molar-refractivity contribution in [3.63, 3.8) is 0 Å². The minimum Gasteiger partial charge on any atom is -0.461 e. The van der Waals surface area contributed by atoms with Gasteiger partial charge in [-0.2, -0.15) is 0 Å². The molecule has 0 radical (unpaired) electrons. The first-order valence-corrected chi connectivity index (χ1v) is 15.8. The molecule has 4 heteroatoms. The van der Waals surface area contributed by atoms with Crippen LogP contribution in [-0.2, 0) is 10.2 Å². The van der Waals surface area contributed by atoms with Crippen LogP contribution in [0, 0.1) is 0 Å². The van der Waals surface area contributed by atoms with E-state index in [1.807, 2.05) is 0 Å². The number of ether oxygens (including phenoxy) is 1. The van der Waals surface area contributed by atoms with Gasteiger partial charge in [0.1, 0.15) is 11.5 Å². The van der Waals surface area contributed by atoms with Gasteiger partial charge in [-0.1, -0.05) is 103 Å². The molecule has 0 saturated carbocycles. The monoisotopic (exact) mass is 583 g/mol. The first kappa shape index (κ1) is 26.0. The Labute approximate surface area is 263 Å². The highest BCUT2D eigenvalue weighted by molar-refractivity contribution is 6.04. The van der Waals surface area contributed by atoms with Crippen molar-refractivity contribution in [1.82, 2.24) is 16.0 Å². The van der Waals surface area contributed by atoms with E-state index in [9.17, 15) is 0 Å². The molecule has 4 aliphatic heterocycles. The molecule has 0 fully saturated rings. The van der Waals surface area contributed by atoms with Crippen LogP contribution in [0.15, 0.2) is 162 Å². The number of nitrogens with one attached hydrogen (secondary N) is 3. The number of fused-ring (bicyclic) bond motifs is 5. The number of benzene rings is 4. The van der Waals surface area contributed by atoms with E-state index in [1.165, 1.54) is 61.0 Å². The largest absolute Gasteiger partial charge is 0.461 e. The first-order valence-electron chi connectivity index (χ1n) is 15.8. The highest BCUT2D eigenvalue weighted by Gasteiger charge is 2.48. The van der Waals surface area contributed by atoms with Crippen molar-refractivity contribution in [3.8, 4) is 11.1 Å². The third kappa shape index (κ3) is 3.85. The Balaban J connectivity index is 1.28. The zero-order valence-electron chi connectivity index (χ0n) is 25.2. The van der Waals surface area contributed by atoms with Gasteiger partial charge in [-0.25, -0.2) is 0 Å². The molecule has 5 aliphatic rings. The smallest absolute Gasteiger partial charge is 0.131 e. The third-order valence-electron chi connectivity index (χ3n) is 9.88. The average Bonchev–Trinajstić information content (AvgIpc) is 3.28. The number of rotatable bonds is 3. The van der Waals surface area contributed by atoms with Crippen LogP contribution < -0.4 is 16.0 Å². The predicted molar refractivity (Wildman–Crippen MR) is 184 cm³/mol. The molecule has 0 aromatic heterocycles. The zero-order valence-corrected chi connectivity index (χ0v) is 25.2. The van der Waals surface area contributed by atoms with Crippen molar-refractivity contribution < 1.29 is 4.74 Å². The van der Waals surface area contributed by atoms with Gasteiger partial charge >= 0.3 is 0 Å². The number of hydrogen-bond acceptors (Lipinski definition) is 4. The van der Waals surface area contributed by atoms with Crippen molar-refractivity contribution in [2.24, 2.45) is 0 Å². The Hall–Kier alpha value is -5.48. The summed E-state index contributed by atoms with van der Waals surface area (Å²) < 4.78 is 6.84. The molecule has 4 aromatic carbocycles. The maximum atomic E-state index is 6.84. The quantitative estimate of drug-likeness (QED) is 0.230. The van der Waals surface area contributed by atoms with Gasteiger partial charge in [0.25, 0.3) is 0 Å². The van der Waals surface area contributed by atoms with E-state index < -0.39 is 0 Å². The van der Waals surface area contributed by atoms with Crippen LogP contribution in [0.4, 0.5) is 0 Å². The molecule has 45 heavy (non-hydrogen) atoms. The van der Waals surface area contributed by atoms with Gasteiger partial charge in [-0.05, 0) is 75.5 Å². The molecular weight excluding hydrogens is 550 g/mol. The Morgan fingerprint density at radius 2 is 1.47 bits per heavy atom. The summed E-state index contributed by atoms with van der Waals surface area (Å²) in [6, 6.07) is 32.9. The van der Waals surface area contributed by atoms with Gasteiger partial charge < -0.3 is 20.7 Å². The molecule has 1 unspecified atom stereocenters. The summed E-state index contributed by atoms with van der Waals surface area (Å²) in [5.74, 6) is 1.93. The molecule has 1 aliphatic carbocycles. The molecule has 4 heterocycles. The van der Waals surface area contributed by atoms with Crippen LogP contribution in [0.1, 0.15) is 23.6 Å². The van der Waals surface area contributed by atoms with Crippen molar-refractivity contribution in [2.75, 3.05) is 19.6 Å². The lowest BCUT2D eigenvalue weighted by Crippen LogP contribution is -2.36. The molecule has 4 nitrogen and oxygen atoms in total. The molecule has 218 valence electrons. The summed E-state index contributed by atoms with van der Waals surface area (Å²) in [6.45, 7) is 4.45. The van der Waals surface area contributed by atoms with Crippen LogP contribution >= 0.6 is 0 Å². The standard InChI is InChI=1S/C41H33N3O/c1-41(38-17-9-10-21-43-38)34-16-8-7-15-31(34)39-33-23-35(44-25-37(33)45-36-24-42-22-20-32(36)40(39)41)30-19-18-27(26-11-3-2-4-12-26)28-13-5-6-14-29(28)30/h2-20,22-23,42-44H,21,24-25H2,1H3. The number of allylic oxidation sites excluding steroid dienone is 8. The van der Waals surface area contributed by atoms with Crippen molar-refractivity contribution >= 4 is 22.0 Å². The maximum Gasteiger partial charge on any atom is 0.131 e. The summed E-state index contributed by atoms with van der Waals surface area (Å²) in [6.07, 6.45) is 13.2. The highest BCUT2D eigenvalue weighted by Crippen LogP contribution is 2.57. The van der Waals surface area contributed by atoms with Crippen molar-refractivity contribution in [1.29, 1.82) is 0 Å². The predicted octanol–water partition coefficient (Wildman–Crippen LogP) is 7.87. The average molecular weight is 584 g/mol. The minimum absolute atomic E-state index is 0.367. The van der Waals surface area contributed by atoms with Gasteiger partial charge in [0.2, 0.25) is 0 Å². The fourth-order valence-corrected chi connectivity index (χ4v) is 7.79. The molecule has 0 spiro atoms. The van der Waals surface area contributed by atoms with Gasteiger partial charge in [-0.3, -0.25) is 0 Å². The van der Waals surface area contributed by atoms with Crippen LogP contribution in [0.25, 0.3) is 33.2 Å². The number of hydrogen-bond donors (Lipinski definition) is 3. The van der Waals surface area contributed by atoms with E-state index in [2.05, 4.69) is 150 Å². The summed E-state index contributed by atoms with van der Waals surface area (Å²) in [5, 5.41) is 13.4. The zero-order chi connectivity index (χ0) is 30.0. The first-order chi connectivity index (χ1) is 22.2. The van der Waals surface area contributed by atoms with E-state index in [0.717, 1.165) is 29.3 Å². The van der Waals surface area contributed by atoms with Crippen molar-refractivity contribution in [2.45, 2.75) is 12.3 Å². The topological polar surface area (TPSA) is 45.3 Å². The summed E-state index contributed by atoms with van der Waals surface area (Å²) in [5.41, 5.74) is 13.1. The Kier molecular flexibility index (Phi) is 5.79. The normalized spacial score (nSPS) is 21.4. The molecule has 0 amide bonds. The molecule has 3 N–H and O–H groups in total. The van der Waals surface area contributed by atoms with E-state index >= 15 is 0 Å². The lowest BCUT2D eigenvalue weighted by Gasteiger charge is -2.35. The van der Waals surface area contributed by atoms with Crippen LogP contribution in [-0.4, -0.2) is 19.6 Å². The van der Waals surface area contributed by atoms with Crippen LogP contribution in [0.3, 0.4) is 0 Å². The van der Waals surface area contributed by atoms with E-state index in [0.29, 0.717) is 13.1 Å². The van der Waals surface area contributed by atoms with E-state index in [1.54, 1.807) is 0 Å². The van der Waals surface area contributed by atoms with Crippen LogP contribution in [0.5, 0.6) is 0 Å². The molecule has 0 bridgehead atoms. The van der Waals surface area contributed by atoms with Crippen LogP contribution in [0.2, 0.25) is 0 Å². The summed E-state index contributed by atoms with van der Waals surface area (Å²) >= 11 is 0. The van der Waals surface area contributed by atoms with Crippen molar-refractivity contribution in [3.05, 3.63) is 178 Å². The Morgan fingerprint density at radius 3 is 2.31 bits per heavy atom. The van der Waals surface area contributed by atoms with Gasteiger partial charge in [0.05, 0.1) is 18.5 Å². The molecule has 0 saturated heterocycles. The van der Waals surface area contributed by atoms with Gasteiger partial charge in [-0.15, -0.1) is 0 Å². The van der Waals surface area contributed by atoms with Gasteiger partial charge in [0, 0.05) is 34.6 Å². The molecule has 9 rings (SSSR count). The minimum atomic E-state index is -0.367. The second kappa shape index (κ2) is 10.0. The van der Waals surface area contributed by atoms with Gasteiger partial charge in [0.15, 0.2) is 0 Å². The Bertz CT molecular complexity index is 2140. The second-order valence-electron chi connectivity index (χ2n) is 12.3. The lowest BCUT2D eigenvalue weighted by atomic mass is 9.72.